The maximum absolute atomic E-state index is 12.8. The zero-order chi connectivity index (χ0) is 20.6. The van der Waals surface area contributed by atoms with E-state index < -0.39 is 0 Å². The number of aromatic nitrogens is 1. The Morgan fingerprint density at radius 1 is 1.28 bits per heavy atom. The second-order valence-electron chi connectivity index (χ2n) is 8.40. The van der Waals surface area contributed by atoms with E-state index in [0.717, 1.165) is 44.7 Å². The molecule has 7 heteroatoms. The number of hydrogen-bond acceptors (Lipinski definition) is 3. The lowest BCUT2D eigenvalue weighted by molar-refractivity contribution is -0.138. The van der Waals surface area contributed by atoms with Gasteiger partial charge in [-0.1, -0.05) is 32.8 Å². The van der Waals surface area contributed by atoms with Gasteiger partial charge in [-0.2, -0.15) is 0 Å². The van der Waals surface area contributed by atoms with Gasteiger partial charge in [0, 0.05) is 45.5 Å². The van der Waals surface area contributed by atoms with Gasteiger partial charge in [0.2, 0.25) is 5.91 Å². The first-order chi connectivity index (χ1) is 13.4. The maximum Gasteiger partial charge on any atom is 0.230 e. The van der Waals surface area contributed by atoms with Crippen LogP contribution in [0, 0.1) is 11.3 Å². The molecular weight excluding hydrogens is 477 g/mol. The maximum atomic E-state index is 12.8. The van der Waals surface area contributed by atoms with Gasteiger partial charge < -0.3 is 15.5 Å². The fraction of sp³-hybridized carbons (Fsp3) is 0.682. The van der Waals surface area contributed by atoms with Crippen LogP contribution in [-0.4, -0.2) is 55.5 Å². The molecule has 1 aliphatic rings. The van der Waals surface area contributed by atoms with Crippen LogP contribution in [0.1, 0.15) is 57.9 Å². The van der Waals surface area contributed by atoms with E-state index in [1.54, 1.807) is 4.90 Å². The lowest BCUT2D eigenvalue weighted by Gasteiger charge is -2.29. The van der Waals surface area contributed by atoms with Crippen molar-refractivity contribution in [2.45, 2.75) is 52.4 Å². The number of nitrogens with zero attached hydrogens (tertiary/aromatic N) is 3. The second kappa shape index (κ2) is 12.3. The Morgan fingerprint density at radius 3 is 2.48 bits per heavy atom. The highest BCUT2D eigenvalue weighted by atomic mass is 127. The zero-order valence-corrected chi connectivity index (χ0v) is 20.9. The molecule has 0 aromatic carbocycles. The molecule has 6 nitrogen and oxygen atoms in total. The van der Waals surface area contributed by atoms with Crippen molar-refractivity contribution in [1.82, 2.24) is 20.5 Å². The summed E-state index contributed by atoms with van der Waals surface area (Å²) in [4.78, 5) is 23.6. The quantitative estimate of drug-likeness (QED) is 0.315. The third-order valence-corrected chi connectivity index (χ3v) is 5.71. The molecule has 0 radical (unpaired) electrons. The molecular formula is C22H38IN5O. The molecule has 1 atom stereocenters. The van der Waals surface area contributed by atoms with Gasteiger partial charge in [-0.15, -0.1) is 24.0 Å². The number of amides is 1. The van der Waals surface area contributed by atoms with Crippen molar-refractivity contribution in [3.8, 4) is 0 Å². The minimum atomic E-state index is -0.341. The Kier molecular flexibility index (Phi) is 10.9. The summed E-state index contributed by atoms with van der Waals surface area (Å²) in [5.41, 5.74) is 0.892. The van der Waals surface area contributed by atoms with Crippen molar-refractivity contribution in [3.63, 3.8) is 0 Å². The standard InChI is InChI=1S/C22H37N5O.HI/c1-6-24-21(25-15-19(17(2)3)18-10-9-13-23-14-18)26-16-22(11-7-8-12-22)20(28)27(4)5;/h9-10,13-14,17,19H,6-8,11-12,15-16H2,1-5H3,(H2,24,25,26);1H. The van der Waals surface area contributed by atoms with Gasteiger partial charge in [0.15, 0.2) is 5.96 Å². The number of nitrogens with one attached hydrogen (secondary N) is 2. The van der Waals surface area contributed by atoms with E-state index in [1.807, 2.05) is 32.6 Å². The van der Waals surface area contributed by atoms with E-state index in [-0.39, 0.29) is 35.3 Å². The Morgan fingerprint density at radius 2 is 1.97 bits per heavy atom. The molecule has 164 valence electrons. The number of carbonyl (C=O) groups excluding carboxylic acids is 1. The van der Waals surface area contributed by atoms with E-state index >= 15 is 0 Å². The summed E-state index contributed by atoms with van der Waals surface area (Å²) >= 11 is 0. The van der Waals surface area contributed by atoms with Crippen molar-refractivity contribution in [2.24, 2.45) is 16.3 Å². The lowest BCUT2D eigenvalue weighted by atomic mass is 9.85. The number of carbonyl (C=O) groups is 1. The van der Waals surface area contributed by atoms with Crippen LogP contribution in [0.3, 0.4) is 0 Å². The van der Waals surface area contributed by atoms with Gasteiger partial charge in [-0.25, -0.2) is 0 Å². The summed E-state index contributed by atoms with van der Waals surface area (Å²) in [6, 6.07) is 4.12. The lowest BCUT2D eigenvalue weighted by Crippen LogP contribution is -2.44. The fourth-order valence-corrected chi connectivity index (χ4v) is 4.08. The topological polar surface area (TPSA) is 69.6 Å². The van der Waals surface area contributed by atoms with Gasteiger partial charge in [-0.05, 0) is 37.3 Å². The second-order valence-corrected chi connectivity index (χ2v) is 8.40. The molecule has 2 N–H and O–H groups in total. The number of halogens is 1. The molecule has 1 unspecified atom stereocenters. The fourth-order valence-electron chi connectivity index (χ4n) is 4.08. The normalized spacial score (nSPS) is 16.8. The number of aliphatic imine (C=N–C) groups is 1. The first kappa shape index (κ1) is 25.7. The molecule has 2 rings (SSSR count). The number of hydrogen-bond donors (Lipinski definition) is 2. The monoisotopic (exact) mass is 515 g/mol. The minimum absolute atomic E-state index is 0. The summed E-state index contributed by atoms with van der Waals surface area (Å²) < 4.78 is 0. The summed E-state index contributed by atoms with van der Waals surface area (Å²) in [5, 5.41) is 6.83. The average molecular weight is 515 g/mol. The van der Waals surface area contributed by atoms with Crippen LogP contribution in [0.2, 0.25) is 0 Å². The van der Waals surface area contributed by atoms with Crippen molar-refractivity contribution in [2.75, 3.05) is 33.7 Å². The van der Waals surface area contributed by atoms with E-state index in [1.165, 1.54) is 5.56 Å². The predicted octanol–water partition coefficient (Wildman–Crippen LogP) is 3.64. The highest BCUT2D eigenvalue weighted by molar-refractivity contribution is 14.0. The summed E-state index contributed by atoms with van der Waals surface area (Å²) in [6.45, 7) is 8.63. The molecule has 1 amide bonds. The third kappa shape index (κ3) is 7.12. The van der Waals surface area contributed by atoms with Crippen LogP contribution in [-0.2, 0) is 4.79 Å². The van der Waals surface area contributed by atoms with Gasteiger partial charge in [-0.3, -0.25) is 14.8 Å². The molecule has 1 fully saturated rings. The van der Waals surface area contributed by atoms with Crippen LogP contribution >= 0.6 is 24.0 Å². The Hall–Kier alpha value is -1.38. The molecule has 0 bridgehead atoms. The highest BCUT2D eigenvalue weighted by Gasteiger charge is 2.42. The predicted molar refractivity (Wildman–Crippen MR) is 131 cm³/mol. The molecule has 1 saturated carbocycles. The van der Waals surface area contributed by atoms with Gasteiger partial charge in [0.25, 0.3) is 0 Å². The van der Waals surface area contributed by atoms with Crippen LogP contribution in [0.5, 0.6) is 0 Å². The molecule has 0 aliphatic heterocycles. The van der Waals surface area contributed by atoms with Crippen LogP contribution in [0.15, 0.2) is 29.5 Å². The molecule has 1 aliphatic carbocycles. The highest BCUT2D eigenvalue weighted by Crippen LogP contribution is 2.39. The first-order valence-electron chi connectivity index (χ1n) is 10.5. The number of pyridine rings is 1. The first-order valence-corrected chi connectivity index (χ1v) is 10.5. The number of rotatable bonds is 8. The molecule has 1 heterocycles. The van der Waals surface area contributed by atoms with Crippen LogP contribution < -0.4 is 10.6 Å². The minimum Gasteiger partial charge on any atom is -0.357 e. The van der Waals surface area contributed by atoms with Gasteiger partial charge in [0.05, 0.1) is 12.0 Å². The summed E-state index contributed by atoms with van der Waals surface area (Å²) in [7, 11) is 3.69. The Bertz CT molecular complexity index is 642. The van der Waals surface area contributed by atoms with Crippen molar-refractivity contribution in [3.05, 3.63) is 30.1 Å². The van der Waals surface area contributed by atoms with Crippen LogP contribution in [0.25, 0.3) is 0 Å². The average Bonchev–Trinajstić information content (AvgIpc) is 3.16. The van der Waals surface area contributed by atoms with E-state index in [2.05, 4.69) is 42.5 Å². The van der Waals surface area contributed by atoms with Crippen molar-refractivity contribution in [1.29, 1.82) is 0 Å². The Balaban J connectivity index is 0.00000420. The molecule has 1 aromatic heterocycles. The van der Waals surface area contributed by atoms with E-state index in [0.29, 0.717) is 18.4 Å². The van der Waals surface area contributed by atoms with E-state index in [9.17, 15) is 4.79 Å². The number of guanidine groups is 1. The van der Waals surface area contributed by atoms with Crippen molar-refractivity contribution < 1.29 is 4.79 Å². The molecule has 29 heavy (non-hydrogen) atoms. The SMILES string of the molecule is CCNC(=NCC1(C(=O)N(C)C)CCCC1)NCC(c1cccnc1)C(C)C.I. The molecule has 0 spiro atoms. The van der Waals surface area contributed by atoms with Crippen molar-refractivity contribution >= 4 is 35.8 Å². The zero-order valence-electron chi connectivity index (χ0n) is 18.6. The summed E-state index contributed by atoms with van der Waals surface area (Å²) in [6.07, 6.45) is 7.82. The molecule has 0 saturated heterocycles. The Labute approximate surface area is 193 Å². The summed E-state index contributed by atoms with van der Waals surface area (Å²) in [5.74, 6) is 1.83. The third-order valence-electron chi connectivity index (χ3n) is 5.71. The van der Waals surface area contributed by atoms with Gasteiger partial charge >= 0.3 is 0 Å². The van der Waals surface area contributed by atoms with Gasteiger partial charge in [0.1, 0.15) is 0 Å². The van der Waals surface area contributed by atoms with Crippen LogP contribution in [0.4, 0.5) is 0 Å². The molecule has 1 aromatic rings. The largest absolute Gasteiger partial charge is 0.357 e. The van der Waals surface area contributed by atoms with E-state index in [4.69, 9.17) is 4.99 Å². The smallest absolute Gasteiger partial charge is 0.230 e.